The molecular weight excluding hydrogens is 264 g/mol. The van der Waals surface area contributed by atoms with Crippen LogP contribution in [0.4, 0.5) is 0 Å². The molecule has 3 fully saturated rings. The Hall–Kier alpha value is -0.610. The van der Waals surface area contributed by atoms with Crippen LogP contribution in [0.1, 0.15) is 64.2 Å². The molecule has 1 saturated carbocycles. The summed E-state index contributed by atoms with van der Waals surface area (Å²) in [5.74, 6) is -0.0267. The van der Waals surface area contributed by atoms with Gasteiger partial charge in [-0.2, -0.15) is 0 Å². The van der Waals surface area contributed by atoms with Gasteiger partial charge in [-0.1, -0.05) is 32.1 Å². The van der Waals surface area contributed by atoms with E-state index in [1.165, 1.54) is 51.4 Å². The van der Waals surface area contributed by atoms with Crippen LogP contribution in [-0.4, -0.2) is 48.7 Å². The Kier molecular flexibility index (Phi) is 4.85. The van der Waals surface area contributed by atoms with Gasteiger partial charge < -0.3 is 4.74 Å². The summed E-state index contributed by atoms with van der Waals surface area (Å²) in [6, 6.07) is 0.843. The Labute approximate surface area is 128 Å². The summed E-state index contributed by atoms with van der Waals surface area (Å²) in [6.45, 7) is 2.19. The molecule has 21 heavy (non-hydrogen) atoms. The van der Waals surface area contributed by atoms with Gasteiger partial charge in [0, 0.05) is 18.6 Å². The van der Waals surface area contributed by atoms with Crippen LogP contribution < -0.4 is 5.32 Å². The first-order chi connectivity index (χ1) is 10.3. The summed E-state index contributed by atoms with van der Waals surface area (Å²) < 4.78 is 5.23. The van der Waals surface area contributed by atoms with Crippen molar-refractivity contribution in [3.05, 3.63) is 0 Å². The molecule has 0 aromatic rings. The summed E-state index contributed by atoms with van der Waals surface area (Å²) >= 11 is 0. The van der Waals surface area contributed by atoms with Gasteiger partial charge in [-0.25, -0.2) is 4.79 Å². The van der Waals surface area contributed by atoms with Gasteiger partial charge in [0.25, 0.3) is 0 Å². The third-order valence-electron chi connectivity index (χ3n) is 5.84. The number of esters is 1. The Morgan fingerprint density at radius 2 is 1.76 bits per heavy atom. The molecule has 0 spiro atoms. The fourth-order valence-electron chi connectivity index (χ4n) is 4.74. The molecule has 2 atom stereocenters. The molecule has 0 amide bonds. The van der Waals surface area contributed by atoms with Crippen LogP contribution in [0.5, 0.6) is 0 Å². The monoisotopic (exact) mass is 294 g/mol. The van der Waals surface area contributed by atoms with Crippen LogP contribution in [0.3, 0.4) is 0 Å². The molecule has 2 unspecified atom stereocenters. The average Bonchev–Trinajstić information content (AvgIpc) is 2.70. The van der Waals surface area contributed by atoms with Crippen molar-refractivity contribution in [3.8, 4) is 0 Å². The van der Waals surface area contributed by atoms with Crippen molar-refractivity contribution in [1.29, 1.82) is 0 Å². The zero-order valence-corrected chi connectivity index (χ0v) is 13.4. The van der Waals surface area contributed by atoms with E-state index >= 15 is 0 Å². The normalized spacial score (nSPS) is 35.2. The Balaban J connectivity index is 1.78. The minimum absolute atomic E-state index is 0.0267. The molecule has 3 rings (SSSR count). The van der Waals surface area contributed by atoms with Gasteiger partial charge in [-0.15, -0.1) is 0 Å². The van der Waals surface area contributed by atoms with E-state index in [4.69, 9.17) is 4.74 Å². The van der Waals surface area contributed by atoms with Crippen LogP contribution in [0, 0.1) is 0 Å². The van der Waals surface area contributed by atoms with E-state index in [0.717, 1.165) is 25.9 Å². The molecule has 4 nitrogen and oxygen atoms in total. The number of rotatable bonds is 3. The molecule has 2 saturated heterocycles. The molecule has 0 radical (unpaired) electrons. The lowest BCUT2D eigenvalue weighted by molar-refractivity contribution is -0.150. The molecule has 0 aromatic carbocycles. The van der Waals surface area contributed by atoms with Crippen molar-refractivity contribution in [2.24, 2.45) is 0 Å². The summed E-state index contributed by atoms with van der Waals surface area (Å²) in [4.78, 5) is 15.2. The lowest BCUT2D eigenvalue weighted by Gasteiger charge is -2.41. The fraction of sp³-hybridized carbons (Fsp3) is 0.941. The SMILES string of the molecule is COC(=O)C1(NC2CCCCCC2)CCN2CCCCC21. The summed E-state index contributed by atoms with van der Waals surface area (Å²) in [7, 11) is 1.55. The predicted octanol–water partition coefficient (Wildman–Crippen LogP) is 2.47. The second-order valence-electron chi connectivity index (χ2n) is 7.09. The molecule has 0 bridgehead atoms. The standard InChI is InChI=1S/C17H30N2O2/c1-21-16(20)17(18-14-8-4-2-3-5-9-14)11-13-19-12-7-6-10-15(17)19/h14-15,18H,2-13H2,1H3. The molecule has 0 aromatic heterocycles. The number of nitrogens with zero attached hydrogens (tertiary/aromatic N) is 1. The molecular formula is C17H30N2O2. The van der Waals surface area contributed by atoms with Gasteiger partial charge in [0.1, 0.15) is 5.54 Å². The van der Waals surface area contributed by atoms with Gasteiger partial charge in [-0.05, 0) is 38.6 Å². The Morgan fingerprint density at radius 1 is 1.05 bits per heavy atom. The molecule has 3 aliphatic rings. The third-order valence-corrected chi connectivity index (χ3v) is 5.84. The maximum Gasteiger partial charge on any atom is 0.327 e. The predicted molar refractivity (Wildman–Crippen MR) is 83.2 cm³/mol. The van der Waals surface area contributed by atoms with E-state index in [9.17, 15) is 4.79 Å². The molecule has 2 heterocycles. The van der Waals surface area contributed by atoms with E-state index in [1.54, 1.807) is 7.11 Å². The number of carbonyl (C=O) groups is 1. The van der Waals surface area contributed by atoms with Crippen molar-refractivity contribution >= 4 is 5.97 Å². The second-order valence-corrected chi connectivity index (χ2v) is 7.09. The van der Waals surface area contributed by atoms with Gasteiger partial charge in [0.15, 0.2) is 0 Å². The number of piperidine rings is 1. The van der Waals surface area contributed by atoms with Gasteiger partial charge in [-0.3, -0.25) is 10.2 Å². The quantitative estimate of drug-likeness (QED) is 0.641. The van der Waals surface area contributed by atoms with Crippen molar-refractivity contribution in [2.45, 2.75) is 81.8 Å². The van der Waals surface area contributed by atoms with Crippen LogP contribution >= 0.6 is 0 Å². The van der Waals surface area contributed by atoms with E-state index in [2.05, 4.69) is 10.2 Å². The maximum atomic E-state index is 12.6. The van der Waals surface area contributed by atoms with E-state index in [0.29, 0.717) is 12.1 Å². The van der Waals surface area contributed by atoms with Crippen LogP contribution in [0.15, 0.2) is 0 Å². The average molecular weight is 294 g/mol. The molecule has 2 aliphatic heterocycles. The number of ether oxygens (including phenoxy) is 1. The number of nitrogens with one attached hydrogen (secondary N) is 1. The third kappa shape index (κ3) is 2.98. The number of fused-ring (bicyclic) bond motifs is 1. The molecule has 1 aliphatic carbocycles. The number of methoxy groups -OCH3 is 1. The minimum Gasteiger partial charge on any atom is -0.468 e. The van der Waals surface area contributed by atoms with Crippen LogP contribution in [0.25, 0.3) is 0 Å². The smallest absolute Gasteiger partial charge is 0.327 e. The van der Waals surface area contributed by atoms with Crippen LogP contribution in [0.2, 0.25) is 0 Å². The van der Waals surface area contributed by atoms with Gasteiger partial charge in [0.2, 0.25) is 0 Å². The number of hydrogen-bond acceptors (Lipinski definition) is 4. The van der Waals surface area contributed by atoms with E-state index in [1.807, 2.05) is 0 Å². The zero-order valence-electron chi connectivity index (χ0n) is 13.4. The maximum absolute atomic E-state index is 12.6. The molecule has 1 N–H and O–H groups in total. The number of hydrogen-bond donors (Lipinski definition) is 1. The first-order valence-electron chi connectivity index (χ1n) is 8.86. The Morgan fingerprint density at radius 3 is 2.48 bits per heavy atom. The van der Waals surface area contributed by atoms with Gasteiger partial charge >= 0.3 is 5.97 Å². The van der Waals surface area contributed by atoms with Crippen molar-refractivity contribution in [1.82, 2.24) is 10.2 Å². The Bertz CT molecular complexity index is 366. The number of carbonyl (C=O) groups excluding carboxylic acids is 1. The fourth-order valence-corrected chi connectivity index (χ4v) is 4.74. The topological polar surface area (TPSA) is 41.6 Å². The highest BCUT2D eigenvalue weighted by Crippen LogP contribution is 2.37. The zero-order chi connectivity index (χ0) is 14.7. The first-order valence-corrected chi connectivity index (χ1v) is 8.86. The van der Waals surface area contributed by atoms with Gasteiger partial charge in [0.05, 0.1) is 7.11 Å². The molecule has 120 valence electrons. The second kappa shape index (κ2) is 6.66. The lowest BCUT2D eigenvalue weighted by atomic mass is 9.84. The van der Waals surface area contributed by atoms with Crippen molar-refractivity contribution < 1.29 is 9.53 Å². The first kappa shape index (κ1) is 15.3. The van der Waals surface area contributed by atoms with E-state index < -0.39 is 5.54 Å². The van der Waals surface area contributed by atoms with Crippen molar-refractivity contribution in [2.75, 3.05) is 20.2 Å². The highest BCUT2D eigenvalue weighted by Gasteiger charge is 2.54. The largest absolute Gasteiger partial charge is 0.468 e. The summed E-state index contributed by atoms with van der Waals surface area (Å²) in [5, 5.41) is 3.80. The molecule has 4 heteroatoms. The van der Waals surface area contributed by atoms with E-state index in [-0.39, 0.29) is 5.97 Å². The summed E-state index contributed by atoms with van der Waals surface area (Å²) in [5.41, 5.74) is -0.440. The highest BCUT2D eigenvalue weighted by molar-refractivity contribution is 5.82. The summed E-state index contributed by atoms with van der Waals surface area (Å²) in [6.07, 6.45) is 12.3. The lowest BCUT2D eigenvalue weighted by Crippen LogP contribution is -2.63. The van der Waals surface area contributed by atoms with Crippen molar-refractivity contribution in [3.63, 3.8) is 0 Å². The highest BCUT2D eigenvalue weighted by atomic mass is 16.5. The van der Waals surface area contributed by atoms with Crippen LogP contribution in [-0.2, 0) is 9.53 Å². The minimum atomic E-state index is -0.440.